The Morgan fingerprint density at radius 3 is 2.40 bits per heavy atom. The molecule has 7 nitrogen and oxygen atoms in total. The number of hydrogen-bond acceptors (Lipinski definition) is 3. The molecule has 0 fully saturated rings. The predicted molar refractivity (Wildman–Crippen MR) is 113 cm³/mol. The average Bonchev–Trinajstić information content (AvgIpc) is 3.16. The quantitative estimate of drug-likeness (QED) is 0.707. The molecule has 0 radical (unpaired) electrons. The summed E-state index contributed by atoms with van der Waals surface area (Å²) < 4.78 is 1.98. The highest BCUT2D eigenvalue weighted by molar-refractivity contribution is 5.94. The monoisotopic (exact) mass is 404 g/mol. The second-order valence-corrected chi connectivity index (χ2v) is 7.30. The molecule has 0 bridgehead atoms. The van der Waals surface area contributed by atoms with Crippen LogP contribution in [-0.4, -0.2) is 44.1 Å². The Bertz CT molecular complexity index is 1030. The summed E-state index contributed by atoms with van der Waals surface area (Å²) in [5.74, 6) is -1.01. The summed E-state index contributed by atoms with van der Waals surface area (Å²) in [6.45, 7) is 3.12. The first-order valence-electron chi connectivity index (χ1n) is 10.0. The summed E-state index contributed by atoms with van der Waals surface area (Å²) in [6.07, 6.45) is 1.97. The molecule has 0 spiro atoms. The molecule has 3 aromatic rings. The maximum Gasteiger partial charge on any atom is 0.326 e. The number of rotatable bonds is 5. The molecule has 2 amide bonds. The van der Waals surface area contributed by atoms with Crippen molar-refractivity contribution in [1.29, 1.82) is 0 Å². The van der Waals surface area contributed by atoms with Crippen molar-refractivity contribution in [2.24, 2.45) is 0 Å². The molecular weight excluding hydrogens is 380 g/mol. The highest BCUT2D eigenvalue weighted by atomic mass is 16.4. The fourth-order valence-electron chi connectivity index (χ4n) is 3.91. The minimum absolute atomic E-state index is 0.177. The Hall–Kier alpha value is -3.61. The molecule has 2 heterocycles. The average molecular weight is 404 g/mol. The molecule has 1 aliphatic heterocycles. The standard InChI is InChI=1S/C23H24N4O3/c1-2-26(18-11-7-4-8-12-18)23(30)27-15-19-20(13-21(27)22(28)29)25(16-24-19)14-17-9-5-3-6-10-17/h3-12,16,21H,2,13-15H2,1H3,(H,28,29). The highest BCUT2D eigenvalue weighted by Crippen LogP contribution is 2.26. The van der Waals surface area contributed by atoms with E-state index in [4.69, 9.17) is 0 Å². The van der Waals surface area contributed by atoms with Crippen molar-refractivity contribution in [1.82, 2.24) is 14.5 Å². The third kappa shape index (κ3) is 3.78. The van der Waals surface area contributed by atoms with Gasteiger partial charge >= 0.3 is 12.0 Å². The van der Waals surface area contributed by atoms with Gasteiger partial charge in [-0.3, -0.25) is 4.90 Å². The maximum atomic E-state index is 13.3. The lowest BCUT2D eigenvalue weighted by Gasteiger charge is -2.36. The van der Waals surface area contributed by atoms with E-state index < -0.39 is 12.0 Å². The Morgan fingerprint density at radius 2 is 1.77 bits per heavy atom. The first-order chi connectivity index (χ1) is 14.6. The first kappa shape index (κ1) is 19.7. The van der Waals surface area contributed by atoms with Crippen LogP contribution >= 0.6 is 0 Å². The van der Waals surface area contributed by atoms with Crippen LogP contribution in [0.2, 0.25) is 0 Å². The summed E-state index contributed by atoms with van der Waals surface area (Å²) >= 11 is 0. The maximum absolute atomic E-state index is 13.3. The van der Waals surface area contributed by atoms with Crippen LogP contribution in [0.25, 0.3) is 0 Å². The zero-order valence-electron chi connectivity index (χ0n) is 16.8. The van der Waals surface area contributed by atoms with E-state index in [2.05, 4.69) is 4.98 Å². The van der Waals surface area contributed by atoms with Gasteiger partial charge in [-0.05, 0) is 24.6 Å². The van der Waals surface area contributed by atoms with Crippen LogP contribution in [0, 0.1) is 0 Å². The van der Waals surface area contributed by atoms with Gasteiger partial charge in [-0.15, -0.1) is 0 Å². The lowest BCUT2D eigenvalue weighted by molar-refractivity contribution is -0.142. The molecule has 7 heteroatoms. The van der Waals surface area contributed by atoms with Crippen LogP contribution in [0.1, 0.15) is 23.9 Å². The van der Waals surface area contributed by atoms with E-state index in [-0.39, 0.29) is 19.0 Å². The van der Waals surface area contributed by atoms with Gasteiger partial charge < -0.3 is 14.6 Å². The fraction of sp³-hybridized carbons (Fsp3) is 0.261. The number of aromatic nitrogens is 2. The van der Waals surface area contributed by atoms with Crippen LogP contribution in [-0.2, 0) is 24.3 Å². The van der Waals surface area contributed by atoms with Crippen LogP contribution in [0.5, 0.6) is 0 Å². The zero-order valence-corrected chi connectivity index (χ0v) is 16.8. The fourth-order valence-corrected chi connectivity index (χ4v) is 3.91. The van der Waals surface area contributed by atoms with Gasteiger partial charge in [0.05, 0.1) is 18.6 Å². The summed E-state index contributed by atoms with van der Waals surface area (Å²) in [6, 6.07) is 18.0. The number of urea groups is 1. The number of carboxylic acid groups (broad SMARTS) is 1. The summed E-state index contributed by atoms with van der Waals surface area (Å²) in [5, 5.41) is 9.88. The van der Waals surface area contributed by atoms with Crippen molar-refractivity contribution in [2.45, 2.75) is 32.5 Å². The van der Waals surface area contributed by atoms with E-state index >= 15 is 0 Å². The topological polar surface area (TPSA) is 78.7 Å². The molecule has 2 aromatic carbocycles. The first-order valence-corrected chi connectivity index (χ1v) is 10.0. The Morgan fingerprint density at radius 1 is 1.10 bits per heavy atom. The van der Waals surface area contributed by atoms with Crippen molar-refractivity contribution in [3.63, 3.8) is 0 Å². The number of amides is 2. The Labute approximate surface area is 175 Å². The normalized spacial score (nSPS) is 15.5. The van der Waals surface area contributed by atoms with Gasteiger partial charge in [0.1, 0.15) is 6.04 Å². The second kappa shape index (κ2) is 8.41. The van der Waals surface area contributed by atoms with Gasteiger partial charge in [-0.2, -0.15) is 0 Å². The summed E-state index contributed by atoms with van der Waals surface area (Å²) in [4.78, 5) is 32.9. The van der Waals surface area contributed by atoms with E-state index in [1.807, 2.05) is 72.2 Å². The van der Waals surface area contributed by atoms with Crippen LogP contribution in [0.15, 0.2) is 67.0 Å². The molecule has 0 saturated heterocycles. The number of nitrogens with zero attached hydrogens (tertiary/aromatic N) is 4. The number of benzene rings is 2. The lowest BCUT2D eigenvalue weighted by Crippen LogP contribution is -2.54. The number of fused-ring (bicyclic) bond motifs is 1. The largest absolute Gasteiger partial charge is 0.480 e. The van der Waals surface area contributed by atoms with Crippen LogP contribution in [0.3, 0.4) is 0 Å². The number of anilines is 1. The van der Waals surface area contributed by atoms with Crippen molar-refractivity contribution >= 4 is 17.7 Å². The molecule has 1 unspecified atom stereocenters. The molecule has 0 saturated carbocycles. The molecule has 1 atom stereocenters. The van der Waals surface area contributed by atoms with Crippen molar-refractivity contribution < 1.29 is 14.7 Å². The Balaban J connectivity index is 1.62. The minimum atomic E-state index is -1.01. The van der Waals surface area contributed by atoms with Gasteiger partial charge in [0, 0.05) is 30.9 Å². The third-order valence-corrected chi connectivity index (χ3v) is 5.46. The SMILES string of the molecule is CCN(C(=O)N1Cc2ncn(Cc3ccccc3)c2CC1C(=O)O)c1ccccc1. The van der Waals surface area contributed by atoms with E-state index in [0.29, 0.717) is 13.1 Å². The highest BCUT2D eigenvalue weighted by Gasteiger charge is 2.38. The third-order valence-electron chi connectivity index (χ3n) is 5.46. The molecular formula is C23H24N4O3. The van der Waals surface area contributed by atoms with E-state index in [1.165, 1.54) is 4.90 Å². The van der Waals surface area contributed by atoms with E-state index in [9.17, 15) is 14.7 Å². The molecule has 154 valence electrons. The van der Waals surface area contributed by atoms with Gasteiger partial charge in [0.2, 0.25) is 0 Å². The number of carbonyl (C=O) groups is 2. The summed E-state index contributed by atoms with van der Waals surface area (Å²) in [7, 11) is 0. The minimum Gasteiger partial charge on any atom is -0.480 e. The molecule has 1 N–H and O–H groups in total. The number of aliphatic carboxylic acids is 1. The molecule has 30 heavy (non-hydrogen) atoms. The smallest absolute Gasteiger partial charge is 0.326 e. The Kier molecular flexibility index (Phi) is 5.52. The van der Waals surface area contributed by atoms with Crippen molar-refractivity contribution in [3.05, 3.63) is 83.9 Å². The molecule has 0 aliphatic carbocycles. The predicted octanol–water partition coefficient (Wildman–Crippen LogP) is 3.39. The van der Waals surface area contributed by atoms with Crippen molar-refractivity contribution in [3.8, 4) is 0 Å². The second-order valence-electron chi connectivity index (χ2n) is 7.30. The number of para-hydroxylation sites is 1. The van der Waals surface area contributed by atoms with Crippen LogP contribution < -0.4 is 4.90 Å². The summed E-state index contributed by atoms with van der Waals surface area (Å²) in [5.41, 5.74) is 3.48. The van der Waals surface area contributed by atoms with Gasteiger partial charge in [-0.1, -0.05) is 48.5 Å². The van der Waals surface area contributed by atoms with Gasteiger partial charge in [0.15, 0.2) is 0 Å². The number of imidazole rings is 1. The zero-order chi connectivity index (χ0) is 21.1. The number of carbonyl (C=O) groups excluding carboxylic acids is 1. The van der Waals surface area contributed by atoms with Gasteiger partial charge in [0.25, 0.3) is 0 Å². The van der Waals surface area contributed by atoms with Crippen LogP contribution in [0.4, 0.5) is 10.5 Å². The van der Waals surface area contributed by atoms with Crippen molar-refractivity contribution in [2.75, 3.05) is 11.4 Å². The number of carboxylic acids is 1. The molecule has 1 aliphatic rings. The van der Waals surface area contributed by atoms with E-state index in [1.54, 1.807) is 11.2 Å². The molecule has 1 aromatic heterocycles. The van der Waals surface area contributed by atoms with E-state index in [0.717, 1.165) is 22.6 Å². The molecule has 4 rings (SSSR count). The van der Waals surface area contributed by atoms with Gasteiger partial charge in [-0.25, -0.2) is 14.6 Å². The lowest BCUT2D eigenvalue weighted by atomic mass is 10.0. The number of hydrogen-bond donors (Lipinski definition) is 1.